The Morgan fingerprint density at radius 1 is 1.18 bits per heavy atom. The van der Waals surface area contributed by atoms with Crippen LogP contribution in [-0.2, 0) is 23.4 Å². The number of likely N-dealkylation sites (tertiary alicyclic amines) is 1. The van der Waals surface area contributed by atoms with Gasteiger partial charge in [-0.15, -0.1) is 0 Å². The average Bonchev–Trinajstić information content (AvgIpc) is 3.25. The number of carboxylic acid groups (broad SMARTS) is 1. The highest BCUT2D eigenvalue weighted by atomic mass is 35.5. The molecule has 4 rings (SSSR count). The molecule has 4 N–H and O–H groups in total. The molecule has 8 nitrogen and oxygen atoms in total. The van der Waals surface area contributed by atoms with Gasteiger partial charge in [-0.05, 0) is 64.9 Å². The molecule has 3 heterocycles. The number of halogens is 4. The van der Waals surface area contributed by atoms with Crippen LogP contribution in [0.5, 0.6) is 0 Å². The minimum absolute atomic E-state index is 0.0397. The van der Waals surface area contributed by atoms with Crippen LogP contribution < -0.4 is 5.32 Å². The fourth-order valence-corrected chi connectivity index (χ4v) is 4.86. The molecule has 0 aliphatic carbocycles. The van der Waals surface area contributed by atoms with Gasteiger partial charge in [-0.1, -0.05) is 11.6 Å². The van der Waals surface area contributed by atoms with Crippen molar-refractivity contribution in [1.82, 2.24) is 20.1 Å². The first-order valence-corrected chi connectivity index (χ1v) is 12.5. The van der Waals surface area contributed by atoms with Crippen molar-refractivity contribution in [1.29, 1.82) is 0 Å². The van der Waals surface area contributed by atoms with Crippen LogP contribution in [0.2, 0.25) is 5.02 Å². The van der Waals surface area contributed by atoms with Crippen LogP contribution in [0.25, 0.3) is 0 Å². The Labute approximate surface area is 222 Å². The minimum Gasteiger partial charge on any atom is -0.481 e. The number of aromatic amines is 1. The second-order valence-corrected chi connectivity index (χ2v) is 10.7. The molecule has 0 atom stereocenters. The van der Waals surface area contributed by atoms with E-state index >= 15 is 4.39 Å². The number of H-pyrrole nitrogens is 1. The molecule has 1 fully saturated rings. The van der Waals surface area contributed by atoms with Crippen molar-refractivity contribution < 1.29 is 28.2 Å². The summed E-state index contributed by atoms with van der Waals surface area (Å²) >= 11 is 5.80. The number of hydrogen-bond donors (Lipinski definition) is 4. The highest BCUT2D eigenvalue weighted by Crippen LogP contribution is 2.38. The molecule has 12 heteroatoms. The summed E-state index contributed by atoms with van der Waals surface area (Å²) in [5.41, 5.74) is -2.48. The molecule has 1 aliphatic rings. The number of aromatic nitrogens is 3. The predicted octanol–water partition coefficient (Wildman–Crippen LogP) is 5.06. The number of nitrogens with one attached hydrogen (secondary N) is 2. The van der Waals surface area contributed by atoms with Crippen LogP contribution >= 0.6 is 11.6 Å². The van der Waals surface area contributed by atoms with Gasteiger partial charge >= 0.3 is 5.97 Å². The fourth-order valence-electron chi connectivity index (χ4n) is 4.69. The van der Waals surface area contributed by atoms with Crippen molar-refractivity contribution in [2.24, 2.45) is 5.41 Å². The van der Waals surface area contributed by atoms with Gasteiger partial charge < -0.3 is 15.5 Å². The molecule has 0 bridgehead atoms. The van der Waals surface area contributed by atoms with Gasteiger partial charge in [-0.25, -0.2) is 18.2 Å². The first-order valence-electron chi connectivity index (χ1n) is 12.1. The SMILES string of the molecule is Cc1cc(Nc2cc(C(C)(C)O)c(F)c(CC3(C(=O)O)CCN(Cc4c(F)ccc(Cl)c4F)CC3)n2)n[nH]1. The Kier molecular flexibility index (Phi) is 7.74. The number of aliphatic hydroxyl groups is 1. The summed E-state index contributed by atoms with van der Waals surface area (Å²) in [4.78, 5) is 18.6. The van der Waals surface area contributed by atoms with Crippen LogP contribution in [0.4, 0.5) is 24.8 Å². The topological polar surface area (TPSA) is 114 Å². The summed E-state index contributed by atoms with van der Waals surface area (Å²) in [6, 6.07) is 5.31. The van der Waals surface area contributed by atoms with Crippen molar-refractivity contribution in [2.75, 3.05) is 18.4 Å². The van der Waals surface area contributed by atoms with Gasteiger partial charge in [0.15, 0.2) is 11.6 Å². The second-order valence-electron chi connectivity index (χ2n) is 10.3. The van der Waals surface area contributed by atoms with E-state index in [1.807, 2.05) is 6.92 Å². The standard InChI is InChI=1S/C26H29ClF3N5O3/c1-14-10-21(34-33-14)32-20-11-16(25(2,3)38)23(30)19(31-20)12-26(24(36)37)6-8-35(9-7-26)13-15-18(28)5-4-17(27)22(15)29/h4-5,10-11,38H,6-9,12-13H2,1-3H3,(H,36,37)(H2,31,32,33,34). The molecule has 0 amide bonds. The van der Waals surface area contributed by atoms with Crippen LogP contribution in [0.1, 0.15) is 49.2 Å². The summed E-state index contributed by atoms with van der Waals surface area (Å²) in [5, 5.41) is 30.4. The van der Waals surface area contributed by atoms with Gasteiger partial charge in [0.25, 0.3) is 0 Å². The zero-order valence-corrected chi connectivity index (χ0v) is 22.0. The van der Waals surface area contributed by atoms with Crippen molar-refractivity contribution in [3.63, 3.8) is 0 Å². The zero-order valence-electron chi connectivity index (χ0n) is 21.2. The highest BCUT2D eigenvalue weighted by molar-refractivity contribution is 6.30. The summed E-state index contributed by atoms with van der Waals surface area (Å²) in [6.45, 7) is 5.01. The molecule has 0 radical (unpaired) electrons. The molecule has 0 saturated carbocycles. The number of carboxylic acids is 1. The predicted molar refractivity (Wildman–Crippen MR) is 136 cm³/mol. The number of benzene rings is 1. The first-order chi connectivity index (χ1) is 17.8. The molecule has 1 saturated heterocycles. The lowest BCUT2D eigenvalue weighted by Crippen LogP contribution is -2.45. The summed E-state index contributed by atoms with van der Waals surface area (Å²) in [6.07, 6.45) is -0.0390. The van der Waals surface area contributed by atoms with E-state index in [1.54, 1.807) is 11.0 Å². The summed E-state index contributed by atoms with van der Waals surface area (Å²) in [5.74, 6) is -2.85. The van der Waals surface area contributed by atoms with Gasteiger partial charge in [0.2, 0.25) is 0 Å². The molecule has 204 valence electrons. The van der Waals surface area contributed by atoms with Crippen molar-refractivity contribution >= 4 is 29.2 Å². The van der Waals surface area contributed by atoms with E-state index in [-0.39, 0.29) is 66.6 Å². The van der Waals surface area contributed by atoms with Gasteiger partial charge in [-0.3, -0.25) is 14.8 Å². The number of rotatable bonds is 8. The fraction of sp³-hybridized carbons (Fsp3) is 0.423. The molecular formula is C26H29ClF3N5O3. The Hall–Kier alpha value is -3.15. The van der Waals surface area contributed by atoms with E-state index in [1.165, 1.54) is 19.9 Å². The minimum atomic E-state index is -1.56. The number of pyridine rings is 1. The van der Waals surface area contributed by atoms with E-state index in [2.05, 4.69) is 20.5 Å². The number of carbonyl (C=O) groups is 1. The Morgan fingerprint density at radius 3 is 2.45 bits per heavy atom. The van der Waals surface area contributed by atoms with E-state index in [0.717, 1.165) is 17.8 Å². The largest absolute Gasteiger partial charge is 0.481 e. The molecule has 1 aromatic carbocycles. The maximum atomic E-state index is 15.6. The second kappa shape index (κ2) is 10.5. The van der Waals surface area contributed by atoms with Gasteiger partial charge in [0.1, 0.15) is 17.5 Å². The smallest absolute Gasteiger partial charge is 0.310 e. The van der Waals surface area contributed by atoms with Gasteiger partial charge in [0.05, 0.1) is 21.7 Å². The Bertz CT molecular complexity index is 1350. The summed E-state index contributed by atoms with van der Waals surface area (Å²) < 4.78 is 44.2. The molecule has 38 heavy (non-hydrogen) atoms. The van der Waals surface area contributed by atoms with Crippen LogP contribution in [0.3, 0.4) is 0 Å². The van der Waals surface area contributed by atoms with E-state index in [0.29, 0.717) is 5.82 Å². The molecular weight excluding hydrogens is 523 g/mol. The Balaban J connectivity index is 1.60. The number of hydrogen-bond acceptors (Lipinski definition) is 6. The van der Waals surface area contributed by atoms with Crippen molar-refractivity contribution in [3.8, 4) is 0 Å². The van der Waals surface area contributed by atoms with E-state index in [9.17, 15) is 23.8 Å². The van der Waals surface area contributed by atoms with E-state index < -0.39 is 34.4 Å². The highest BCUT2D eigenvalue weighted by Gasteiger charge is 2.43. The number of anilines is 2. The molecule has 0 unspecified atom stereocenters. The number of piperidine rings is 1. The average molecular weight is 552 g/mol. The molecule has 2 aromatic heterocycles. The molecule has 0 spiro atoms. The lowest BCUT2D eigenvalue weighted by molar-refractivity contribution is -0.152. The lowest BCUT2D eigenvalue weighted by atomic mass is 9.74. The zero-order chi connectivity index (χ0) is 27.8. The lowest BCUT2D eigenvalue weighted by Gasteiger charge is -2.39. The van der Waals surface area contributed by atoms with Crippen molar-refractivity contribution in [2.45, 2.75) is 52.2 Å². The molecule has 3 aromatic rings. The number of aryl methyl sites for hydroxylation is 1. The van der Waals surface area contributed by atoms with E-state index in [4.69, 9.17) is 11.6 Å². The quantitative estimate of drug-likeness (QED) is 0.289. The maximum Gasteiger partial charge on any atom is 0.310 e. The van der Waals surface area contributed by atoms with Crippen LogP contribution in [-0.4, -0.2) is 49.4 Å². The van der Waals surface area contributed by atoms with Crippen molar-refractivity contribution in [3.05, 3.63) is 69.3 Å². The first kappa shape index (κ1) is 27.9. The third-order valence-electron chi connectivity index (χ3n) is 6.94. The van der Waals surface area contributed by atoms with Crippen LogP contribution in [0, 0.1) is 29.8 Å². The molecule has 1 aliphatic heterocycles. The monoisotopic (exact) mass is 551 g/mol. The Morgan fingerprint density at radius 2 is 1.87 bits per heavy atom. The maximum absolute atomic E-state index is 15.6. The van der Waals surface area contributed by atoms with Gasteiger partial charge in [0, 0.05) is 35.9 Å². The summed E-state index contributed by atoms with van der Waals surface area (Å²) in [7, 11) is 0. The van der Waals surface area contributed by atoms with Gasteiger partial charge in [-0.2, -0.15) is 5.10 Å². The third-order valence-corrected chi connectivity index (χ3v) is 7.23. The number of aliphatic carboxylic acids is 1. The number of nitrogens with zero attached hydrogens (tertiary/aromatic N) is 3. The third kappa shape index (κ3) is 5.79. The van der Waals surface area contributed by atoms with Crippen LogP contribution in [0.15, 0.2) is 24.3 Å². The normalized spacial score (nSPS) is 16.0.